The van der Waals surface area contributed by atoms with Crippen LogP contribution in [0.25, 0.3) is 0 Å². The maximum absolute atomic E-state index is 11.2. The molecule has 1 fully saturated rings. The van der Waals surface area contributed by atoms with Crippen molar-refractivity contribution in [3.05, 3.63) is 17.5 Å². The smallest absolute Gasteiger partial charge is 0.131 e. The van der Waals surface area contributed by atoms with Crippen molar-refractivity contribution in [3.8, 4) is 0 Å². The first-order valence-electron chi connectivity index (χ1n) is 6.29. The standard InChI is InChI=1S/C13H21N3O/c1-10-7-13(15(3)14-10)9-16-6-4-5-12(16)8-11(2)17/h7,12H,4-6,8-9H2,1-3H3. The van der Waals surface area contributed by atoms with Gasteiger partial charge in [0.05, 0.1) is 11.4 Å². The van der Waals surface area contributed by atoms with Crippen molar-refractivity contribution in [2.24, 2.45) is 7.05 Å². The lowest BCUT2D eigenvalue weighted by atomic mass is 10.1. The number of ketones is 1. The third-order valence-corrected chi connectivity index (χ3v) is 3.49. The Labute approximate surface area is 103 Å². The van der Waals surface area contributed by atoms with Crippen LogP contribution in [0.15, 0.2) is 6.07 Å². The van der Waals surface area contributed by atoms with E-state index in [2.05, 4.69) is 16.1 Å². The first-order valence-corrected chi connectivity index (χ1v) is 6.29. The van der Waals surface area contributed by atoms with E-state index in [0.29, 0.717) is 18.2 Å². The molecule has 0 spiro atoms. The summed E-state index contributed by atoms with van der Waals surface area (Å²) in [7, 11) is 1.98. The van der Waals surface area contributed by atoms with Gasteiger partial charge in [0.25, 0.3) is 0 Å². The molecule has 1 aromatic rings. The third kappa shape index (κ3) is 2.94. The van der Waals surface area contributed by atoms with Gasteiger partial charge in [0.1, 0.15) is 5.78 Å². The van der Waals surface area contributed by atoms with E-state index in [9.17, 15) is 4.79 Å². The zero-order valence-electron chi connectivity index (χ0n) is 10.9. The maximum Gasteiger partial charge on any atom is 0.131 e. The number of carbonyl (C=O) groups is 1. The first kappa shape index (κ1) is 12.3. The van der Waals surface area contributed by atoms with Crippen LogP contribution in [0.2, 0.25) is 0 Å². The first-order chi connectivity index (χ1) is 8.06. The van der Waals surface area contributed by atoms with E-state index in [4.69, 9.17) is 0 Å². The molecule has 4 nitrogen and oxygen atoms in total. The number of hydrogen-bond donors (Lipinski definition) is 0. The SMILES string of the molecule is CC(=O)CC1CCCN1Cc1cc(C)nn1C. The summed E-state index contributed by atoms with van der Waals surface area (Å²) in [6.07, 6.45) is 3.04. The summed E-state index contributed by atoms with van der Waals surface area (Å²) in [5.74, 6) is 0.295. The summed E-state index contributed by atoms with van der Waals surface area (Å²) in [5.41, 5.74) is 2.29. The van der Waals surface area contributed by atoms with Crippen LogP contribution in [0.1, 0.15) is 37.6 Å². The maximum atomic E-state index is 11.2. The molecule has 17 heavy (non-hydrogen) atoms. The van der Waals surface area contributed by atoms with Crippen LogP contribution >= 0.6 is 0 Å². The predicted molar refractivity (Wildman–Crippen MR) is 66.7 cm³/mol. The van der Waals surface area contributed by atoms with Gasteiger partial charge in [-0.05, 0) is 39.3 Å². The average molecular weight is 235 g/mol. The zero-order valence-corrected chi connectivity index (χ0v) is 10.9. The van der Waals surface area contributed by atoms with Crippen LogP contribution in [0, 0.1) is 6.92 Å². The number of nitrogens with zero attached hydrogens (tertiary/aromatic N) is 3. The van der Waals surface area contributed by atoms with Crippen LogP contribution in [-0.2, 0) is 18.4 Å². The molecule has 1 unspecified atom stereocenters. The van der Waals surface area contributed by atoms with Gasteiger partial charge in [-0.3, -0.25) is 14.4 Å². The highest BCUT2D eigenvalue weighted by Gasteiger charge is 2.26. The predicted octanol–water partition coefficient (Wildman–Crippen LogP) is 1.67. The van der Waals surface area contributed by atoms with Gasteiger partial charge in [-0.2, -0.15) is 5.10 Å². The lowest BCUT2D eigenvalue weighted by Gasteiger charge is -2.23. The van der Waals surface area contributed by atoms with E-state index in [1.807, 2.05) is 18.7 Å². The molecular formula is C13H21N3O. The Morgan fingerprint density at radius 2 is 2.35 bits per heavy atom. The Morgan fingerprint density at radius 3 is 2.94 bits per heavy atom. The normalized spacial score (nSPS) is 21.0. The van der Waals surface area contributed by atoms with Crippen molar-refractivity contribution in [3.63, 3.8) is 0 Å². The van der Waals surface area contributed by atoms with Crippen LogP contribution in [0.3, 0.4) is 0 Å². The molecule has 0 amide bonds. The minimum atomic E-state index is 0.295. The molecule has 1 aromatic heterocycles. The monoisotopic (exact) mass is 235 g/mol. The van der Waals surface area contributed by atoms with Crippen molar-refractivity contribution < 1.29 is 4.79 Å². The number of aryl methyl sites for hydroxylation is 2. The molecule has 1 atom stereocenters. The number of carbonyl (C=O) groups excluding carboxylic acids is 1. The fourth-order valence-corrected chi connectivity index (χ4v) is 2.69. The summed E-state index contributed by atoms with van der Waals surface area (Å²) in [5, 5.41) is 4.36. The topological polar surface area (TPSA) is 38.1 Å². The van der Waals surface area contributed by atoms with E-state index in [-0.39, 0.29) is 0 Å². The molecule has 94 valence electrons. The molecule has 0 N–H and O–H groups in total. The van der Waals surface area contributed by atoms with Crippen LogP contribution in [0.4, 0.5) is 0 Å². The molecule has 0 aromatic carbocycles. The lowest BCUT2D eigenvalue weighted by molar-refractivity contribution is -0.118. The Morgan fingerprint density at radius 1 is 1.59 bits per heavy atom. The van der Waals surface area contributed by atoms with Gasteiger partial charge >= 0.3 is 0 Å². The van der Waals surface area contributed by atoms with Gasteiger partial charge in [-0.25, -0.2) is 0 Å². The van der Waals surface area contributed by atoms with Crippen molar-refractivity contribution in [1.29, 1.82) is 0 Å². The second kappa shape index (κ2) is 5.00. The van der Waals surface area contributed by atoms with E-state index in [0.717, 1.165) is 25.2 Å². The van der Waals surface area contributed by atoms with E-state index in [1.54, 1.807) is 6.92 Å². The number of likely N-dealkylation sites (tertiary alicyclic amines) is 1. The van der Waals surface area contributed by atoms with Crippen LogP contribution in [0.5, 0.6) is 0 Å². The van der Waals surface area contributed by atoms with Gasteiger partial charge < -0.3 is 0 Å². The third-order valence-electron chi connectivity index (χ3n) is 3.49. The summed E-state index contributed by atoms with van der Waals surface area (Å²) in [6, 6.07) is 2.56. The molecule has 0 radical (unpaired) electrons. The Balaban J connectivity index is 2.02. The quantitative estimate of drug-likeness (QED) is 0.797. The summed E-state index contributed by atoms with van der Waals surface area (Å²) >= 11 is 0. The van der Waals surface area contributed by atoms with E-state index >= 15 is 0 Å². The highest BCUT2D eigenvalue weighted by molar-refractivity contribution is 5.76. The van der Waals surface area contributed by atoms with Crippen LogP contribution in [-0.4, -0.2) is 33.1 Å². The summed E-state index contributed by atoms with van der Waals surface area (Å²) in [6.45, 7) is 5.71. The van der Waals surface area contributed by atoms with Gasteiger partial charge in [-0.15, -0.1) is 0 Å². The molecule has 0 bridgehead atoms. The summed E-state index contributed by atoms with van der Waals surface area (Å²) in [4.78, 5) is 13.6. The highest BCUT2D eigenvalue weighted by Crippen LogP contribution is 2.22. The lowest BCUT2D eigenvalue weighted by Crippen LogP contribution is -2.31. The summed E-state index contributed by atoms with van der Waals surface area (Å²) < 4.78 is 1.94. The minimum Gasteiger partial charge on any atom is -0.300 e. The van der Waals surface area contributed by atoms with Crippen molar-refractivity contribution in [2.75, 3.05) is 6.54 Å². The molecule has 0 saturated carbocycles. The van der Waals surface area contributed by atoms with Gasteiger partial charge in [0, 0.05) is 26.1 Å². The fourth-order valence-electron chi connectivity index (χ4n) is 2.69. The molecule has 1 saturated heterocycles. The highest BCUT2D eigenvalue weighted by atomic mass is 16.1. The number of aromatic nitrogens is 2. The largest absolute Gasteiger partial charge is 0.300 e. The second-order valence-corrected chi connectivity index (χ2v) is 5.07. The molecule has 1 aliphatic rings. The zero-order chi connectivity index (χ0) is 12.4. The molecule has 1 aliphatic heterocycles. The molecule has 2 rings (SSSR count). The van der Waals surface area contributed by atoms with Crippen molar-refractivity contribution in [2.45, 2.75) is 45.7 Å². The minimum absolute atomic E-state index is 0.295. The average Bonchev–Trinajstić information content (AvgIpc) is 2.75. The Hall–Kier alpha value is -1.16. The van der Waals surface area contributed by atoms with Crippen molar-refractivity contribution in [1.82, 2.24) is 14.7 Å². The molecule has 2 heterocycles. The van der Waals surface area contributed by atoms with Crippen LogP contribution < -0.4 is 0 Å². The fraction of sp³-hybridized carbons (Fsp3) is 0.692. The molecule has 4 heteroatoms. The van der Waals surface area contributed by atoms with Crippen molar-refractivity contribution >= 4 is 5.78 Å². The Kier molecular flexibility index (Phi) is 3.62. The number of Topliss-reactive ketones (excluding diaryl/α,β-unsaturated/α-hetero) is 1. The second-order valence-electron chi connectivity index (χ2n) is 5.07. The number of hydrogen-bond acceptors (Lipinski definition) is 3. The van der Waals surface area contributed by atoms with E-state index < -0.39 is 0 Å². The van der Waals surface area contributed by atoms with Gasteiger partial charge in [0.2, 0.25) is 0 Å². The Bertz CT molecular complexity index is 411. The number of rotatable bonds is 4. The molecular weight excluding hydrogens is 214 g/mol. The van der Waals surface area contributed by atoms with Gasteiger partial charge in [-0.1, -0.05) is 0 Å². The van der Waals surface area contributed by atoms with Gasteiger partial charge in [0.15, 0.2) is 0 Å². The molecule has 0 aliphatic carbocycles. The van der Waals surface area contributed by atoms with E-state index in [1.165, 1.54) is 12.1 Å².